The first-order valence-corrected chi connectivity index (χ1v) is 8.70. The topological polar surface area (TPSA) is 55.8 Å². The number of para-hydroxylation sites is 1. The largest absolute Gasteiger partial charge is 0.497 e. The van der Waals surface area contributed by atoms with Gasteiger partial charge in [0.1, 0.15) is 5.75 Å². The van der Waals surface area contributed by atoms with Crippen LogP contribution in [0.15, 0.2) is 71.4 Å². The number of ether oxygens (including phenoxy) is 2. The van der Waals surface area contributed by atoms with Crippen molar-refractivity contribution >= 4 is 23.6 Å². The maximum atomic E-state index is 13.1. The van der Waals surface area contributed by atoms with Gasteiger partial charge in [0.25, 0.3) is 5.91 Å². The molecule has 3 rings (SSSR count). The lowest BCUT2D eigenvalue weighted by atomic mass is 10.0. The van der Waals surface area contributed by atoms with Crippen LogP contribution in [-0.4, -0.2) is 25.6 Å². The molecule has 0 bridgehead atoms. The van der Waals surface area contributed by atoms with Crippen molar-refractivity contribution in [1.29, 1.82) is 0 Å². The molecule has 0 spiro atoms. The quantitative estimate of drug-likeness (QED) is 0.596. The normalized spacial score (nSPS) is 15.4. The lowest BCUT2D eigenvalue weighted by Gasteiger charge is -2.17. The van der Waals surface area contributed by atoms with Gasteiger partial charge < -0.3 is 9.47 Å². The van der Waals surface area contributed by atoms with E-state index in [9.17, 15) is 9.59 Å². The molecule has 0 atom stereocenters. The number of nitrogens with zero attached hydrogens (tertiary/aromatic N) is 1. The number of carbonyl (C=O) groups excluding carboxylic acids is 2. The van der Waals surface area contributed by atoms with Crippen molar-refractivity contribution in [2.75, 3.05) is 18.6 Å². The zero-order valence-corrected chi connectivity index (χ0v) is 15.6. The Balaban J connectivity index is 2.08. The van der Waals surface area contributed by atoms with Crippen molar-refractivity contribution < 1.29 is 19.1 Å². The van der Waals surface area contributed by atoms with Gasteiger partial charge in [-0.1, -0.05) is 30.3 Å². The van der Waals surface area contributed by atoms with E-state index < -0.39 is 5.97 Å². The highest BCUT2D eigenvalue weighted by atomic mass is 16.5. The van der Waals surface area contributed by atoms with Crippen molar-refractivity contribution in [1.82, 2.24) is 0 Å². The minimum atomic E-state index is -0.499. The summed E-state index contributed by atoms with van der Waals surface area (Å²) >= 11 is 0. The number of methoxy groups -OCH3 is 1. The fourth-order valence-electron chi connectivity index (χ4n) is 3.04. The second kappa shape index (κ2) is 7.91. The average Bonchev–Trinajstić information content (AvgIpc) is 2.93. The molecule has 0 saturated heterocycles. The van der Waals surface area contributed by atoms with Crippen LogP contribution in [0.4, 0.5) is 5.69 Å². The second-order valence-electron chi connectivity index (χ2n) is 5.99. The van der Waals surface area contributed by atoms with Gasteiger partial charge in [-0.25, -0.2) is 4.79 Å². The Bertz CT molecular complexity index is 911. The van der Waals surface area contributed by atoms with Crippen molar-refractivity contribution in [2.45, 2.75) is 13.8 Å². The summed E-state index contributed by atoms with van der Waals surface area (Å²) in [6.45, 7) is 3.74. The fraction of sp³-hybridized carbons (Fsp3) is 0.182. The summed E-state index contributed by atoms with van der Waals surface area (Å²) in [4.78, 5) is 27.2. The van der Waals surface area contributed by atoms with Crippen molar-refractivity contribution in [3.8, 4) is 5.75 Å². The Morgan fingerprint density at radius 3 is 2.33 bits per heavy atom. The van der Waals surface area contributed by atoms with Crippen molar-refractivity contribution in [2.24, 2.45) is 0 Å². The number of benzene rings is 2. The average molecular weight is 363 g/mol. The van der Waals surface area contributed by atoms with Crippen molar-refractivity contribution in [3.63, 3.8) is 0 Å². The number of carbonyl (C=O) groups is 2. The molecule has 1 aliphatic rings. The summed E-state index contributed by atoms with van der Waals surface area (Å²) in [6.07, 6.45) is 1.71. The summed E-state index contributed by atoms with van der Waals surface area (Å²) in [5.74, 6) is -0.0303. The Kier molecular flexibility index (Phi) is 5.41. The number of anilines is 1. The van der Waals surface area contributed by atoms with E-state index in [-0.39, 0.29) is 12.5 Å². The molecule has 0 unspecified atom stereocenters. The first-order valence-electron chi connectivity index (χ1n) is 8.70. The summed E-state index contributed by atoms with van der Waals surface area (Å²) in [5, 5.41) is 0. The zero-order valence-electron chi connectivity index (χ0n) is 15.6. The molecule has 1 amide bonds. The molecule has 5 heteroatoms. The van der Waals surface area contributed by atoms with E-state index in [1.54, 1.807) is 44.1 Å². The highest BCUT2D eigenvalue weighted by molar-refractivity contribution is 6.23. The lowest BCUT2D eigenvalue weighted by molar-refractivity contribution is -0.138. The molecule has 1 heterocycles. The van der Waals surface area contributed by atoms with Gasteiger partial charge in [-0.15, -0.1) is 0 Å². The molecule has 138 valence electrons. The minimum absolute atomic E-state index is 0.241. The number of hydrogen-bond donors (Lipinski definition) is 0. The number of amides is 1. The number of hydrogen-bond acceptors (Lipinski definition) is 4. The second-order valence-corrected chi connectivity index (χ2v) is 5.99. The van der Waals surface area contributed by atoms with Crippen LogP contribution in [0.25, 0.3) is 6.08 Å². The van der Waals surface area contributed by atoms with E-state index in [4.69, 9.17) is 9.47 Å². The van der Waals surface area contributed by atoms with Gasteiger partial charge in [-0.2, -0.15) is 0 Å². The highest BCUT2D eigenvalue weighted by Gasteiger charge is 2.37. The fourth-order valence-corrected chi connectivity index (χ4v) is 3.04. The van der Waals surface area contributed by atoms with Gasteiger partial charge in [-0.3, -0.25) is 9.69 Å². The van der Waals surface area contributed by atoms with Crippen molar-refractivity contribution in [3.05, 3.63) is 77.0 Å². The van der Waals surface area contributed by atoms with Gasteiger partial charge in [-0.05, 0) is 49.8 Å². The zero-order chi connectivity index (χ0) is 19.4. The predicted octanol–water partition coefficient (Wildman–Crippen LogP) is 3.96. The van der Waals surface area contributed by atoms with E-state index in [2.05, 4.69) is 0 Å². The molecular weight excluding hydrogens is 342 g/mol. The summed E-state index contributed by atoms with van der Waals surface area (Å²) in [6, 6.07) is 16.5. The van der Waals surface area contributed by atoms with E-state index in [0.29, 0.717) is 22.5 Å². The standard InChI is InChI=1S/C22H21NO4/c1-4-27-22(25)20-15(2)23(17-8-6-5-7-9-17)21(24)19(20)14-16-10-12-18(26-3)13-11-16/h5-14H,4H2,1-3H3. The number of esters is 1. The van der Waals surface area contributed by atoms with Crippen LogP contribution >= 0.6 is 0 Å². The van der Waals surface area contributed by atoms with Crippen LogP contribution in [0.3, 0.4) is 0 Å². The first-order chi connectivity index (χ1) is 13.1. The van der Waals surface area contributed by atoms with Crippen LogP contribution in [0, 0.1) is 0 Å². The molecule has 2 aromatic rings. The molecule has 0 N–H and O–H groups in total. The van der Waals surface area contributed by atoms with Gasteiger partial charge >= 0.3 is 5.97 Å². The molecular formula is C22H21NO4. The van der Waals surface area contributed by atoms with Gasteiger partial charge in [0, 0.05) is 11.4 Å². The monoisotopic (exact) mass is 363 g/mol. The van der Waals surface area contributed by atoms with Gasteiger partial charge in [0.2, 0.25) is 0 Å². The summed E-state index contributed by atoms with van der Waals surface area (Å²) in [7, 11) is 1.59. The van der Waals surface area contributed by atoms with Crippen LogP contribution in [0.2, 0.25) is 0 Å². The molecule has 27 heavy (non-hydrogen) atoms. The highest BCUT2D eigenvalue weighted by Crippen LogP contribution is 2.35. The maximum Gasteiger partial charge on any atom is 0.340 e. The number of allylic oxidation sites excluding steroid dienone is 1. The van der Waals surface area contributed by atoms with Crippen LogP contribution in [0.1, 0.15) is 19.4 Å². The van der Waals surface area contributed by atoms with Crippen LogP contribution < -0.4 is 9.64 Å². The van der Waals surface area contributed by atoms with E-state index in [0.717, 1.165) is 11.3 Å². The van der Waals surface area contributed by atoms with Gasteiger partial charge in [0.15, 0.2) is 0 Å². The maximum absolute atomic E-state index is 13.1. The Morgan fingerprint density at radius 1 is 1.07 bits per heavy atom. The predicted molar refractivity (Wildman–Crippen MR) is 104 cm³/mol. The van der Waals surface area contributed by atoms with E-state index >= 15 is 0 Å². The third-order valence-corrected chi connectivity index (χ3v) is 4.32. The molecule has 0 fully saturated rings. The smallest absolute Gasteiger partial charge is 0.340 e. The summed E-state index contributed by atoms with van der Waals surface area (Å²) in [5.41, 5.74) is 2.68. The molecule has 1 aliphatic heterocycles. The molecule has 0 aliphatic carbocycles. The molecule has 0 radical (unpaired) electrons. The summed E-state index contributed by atoms with van der Waals surface area (Å²) < 4.78 is 10.4. The molecule has 5 nitrogen and oxygen atoms in total. The van der Waals surface area contributed by atoms with E-state index in [1.165, 1.54) is 0 Å². The Morgan fingerprint density at radius 2 is 1.74 bits per heavy atom. The molecule has 0 saturated carbocycles. The Labute approximate surface area is 158 Å². The van der Waals surface area contributed by atoms with E-state index in [1.807, 2.05) is 42.5 Å². The Hall–Kier alpha value is -3.34. The lowest BCUT2D eigenvalue weighted by Crippen LogP contribution is -2.24. The SMILES string of the molecule is CCOC(=O)C1=C(C)N(c2ccccc2)C(=O)C1=Cc1ccc(OC)cc1. The third kappa shape index (κ3) is 3.62. The van der Waals surface area contributed by atoms with Gasteiger partial charge in [0.05, 0.1) is 24.9 Å². The number of rotatable bonds is 5. The third-order valence-electron chi connectivity index (χ3n) is 4.32. The first kappa shape index (κ1) is 18.5. The molecule has 0 aromatic heterocycles. The van der Waals surface area contributed by atoms with Crippen LogP contribution in [0.5, 0.6) is 5.75 Å². The van der Waals surface area contributed by atoms with Crippen LogP contribution in [-0.2, 0) is 14.3 Å². The molecule has 2 aromatic carbocycles. The minimum Gasteiger partial charge on any atom is -0.497 e.